The first-order chi connectivity index (χ1) is 11.3. The minimum absolute atomic E-state index is 0.000150. The van der Waals surface area contributed by atoms with Gasteiger partial charge in [0, 0.05) is 25.2 Å². The van der Waals surface area contributed by atoms with Gasteiger partial charge in [-0.1, -0.05) is 6.07 Å². The Morgan fingerprint density at radius 1 is 1.12 bits per heavy atom. The monoisotopic (exact) mass is 373 g/mol. The maximum Gasteiger partial charge on any atom is 0.243 e. The summed E-state index contributed by atoms with van der Waals surface area (Å²) in [6.45, 7) is 1.05. The molecule has 7 nitrogen and oxygen atoms in total. The molecule has 134 valence electrons. The first-order valence-electron chi connectivity index (χ1n) is 8.13. The summed E-state index contributed by atoms with van der Waals surface area (Å²) in [5.74, 6) is 0. The SMILES string of the molecule is CNCC1CCCN1S(=O)(=O)c1cccc(S(=O)(=O)NC2CC2)c1. The molecular weight excluding hydrogens is 350 g/mol. The standard InChI is InChI=1S/C15H23N3O4S2/c1-16-11-13-4-3-9-18(13)24(21,22)15-6-2-5-14(10-15)23(19,20)17-12-7-8-12/h2,5-6,10,12-13,16-17H,3-4,7-9,11H2,1H3. The van der Waals surface area contributed by atoms with Crippen molar-refractivity contribution >= 4 is 20.0 Å². The topological polar surface area (TPSA) is 95.6 Å². The molecule has 1 saturated heterocycles. The summed E-state index contributed by atoms with van der Waals surface area (Å²) in [5, 5.41) is 3.02. The summed E-state index contributed by atoms with van der Waals surface area (Å²) in [6, 6.07) is 5.52. The molecule has 1 atom stereocenters. The van der Waals surface area contributed by atoms with E-state index in [4.69, 9.17) is 0 Å². The zero-order chi connectivity index (χ0) is 17.4. The Balaban J connectivity index is 1.90. The van der Waals surface area contributed by atoms with Crippen molar-refractivity contribution in [2.45, 2.75) is 47.6 Å². The number of benzene rings is 1. The van der Waals surface area contributed by atoms with Crippen LogP contribution in [-0.4, -0.2) is 53.4 Å². The number of hydrogen-bond donors (Lipinski definition) is 2. The maximum atomic E-state index is 12.9. The molecule has 1 unspecified atom stereocenters. The zero-order valence-corrected chi connectivity index (χ0v) is 15.2. The van der Waals surface area contributed by atoms with Crippen molar-refractivity contribution in [1.82, 2.24) is 14.3 Å². The molecule has 3 rings (SSSR count). The Bertz CT molecular complexity index is 804. The zero-order valence-electron chi connectivity index (χ0n) is 13.6. The first kappa shape index (κ1) is 17.8. The van der Waals surface area contributed by atoms with E-state index in [2.05, 4.69) is 10.0 Å². The lowest BCUT2D eigenvalue weighted by molar-refractivity contribution is 0.379. The summed E-state index contributed by atoms with van der Waals surface area (Å²) < 4.78 is 54.5. The van der Waals surface area contributed by atoms with Gasteiger partial charge < -0.3 is 5.32 Å². The fourth-order valence-corrected chi connectivity index (χ4v) is 6.16. The van der Waals surface area contributed by atoms with Gasteiger partial charge in [0.05, 0.1) is 9.79 Å². The third-order valence-electron chi connectivity index (χ3n) is 4.38. The van der Waals surface area contributed by atoms with Crippen molar-refractivity contribution < 1.29 is 16.8 Å². The summed E-state index contributed by atoms with van der Waals surface area (Å²) in [5.41, 5.74) is 0. The Kier molecular flexibility index (Phi) is 4.99. The van der Waals surface area contributed by atoms with E-state index in [0.717, 1.165) is 25.7 Å². The van der Waals surface area contributed by atoms with E-state index in [-0.39, 0.29) is 21.9 Å². The van der Waals surface area contributed by atoms with E-state index in [9.17, 15) is 16.8 Å². The Morgan fingerprint density at radius 2 is 1.83 bits per heavy atom. The second-order valence-corrected chi connectivity index (χ2v) is 9.94. The van der Waals surface area contributed by atoms with Gasteiger partial charge in [-0.05, 0) is 50.9 Å². The Morgan fingerprint density at radius 3 is 2.50 bits per heavy atom. The molecule has 1 heterocycles. The predicted molar refractivity (Wildman–Crippen MR) is 90.6 cm³/mol. The van der Waals surface area contributed by atoms with Crippen molar-refractivity contribution in [3.63, 3.8) is 0 Å². The van der Waals surface area contributed by atoms with Crippen LogP contribution in [0.1, 0.15) is 25.7 Å². The molecule has 0 aromatic heterocycles. The van der Waals surface area contributed by atoms with Gasteiger partial charge >= 0.3 is 0 Å². The Hall–Kier alpha value is -1.00. The van der Waals surface area contributed by atoms with Crippen molar-refractivity contribution in [2.75, 3.05) is 20.1 Å². The number of likely N-dealkylation sites (N-methyl/N-ethyl adjacent to an activating group) is 1. The van der Waals surface area contributed by atoms with Gasteiger partial charge in [0.2, 0.25) is 20.0 Å². The minimum Gasteiger partial charge on any atom is -0.318 e. The molecule has 0 bridgehead atoms. The second kappa shape index (κ2) is 6.72. The van der Waals surface area contributed by atoms with E-state index < -0.39 is 20.0 Å². The van der Waals surface area contributed by atoms with Gasteiger partial charge in [-0.25, -0.2) is 21.6 Å². The molecular formula is C15H23N3O4S2. The number of nitrogens with one attached hydrogen (secondary N) is 2. The minimum atomic E-state index is -3.70. The molecule has 1 aliphatic heterocycles. The highest BCUT2D eigenvalue weighted by Crippen LogP contribution is 2.28. The summed E-state index contributed by atoms with van der Waals surface area (Å²) in [6.07, 6.45) is 3.28. The van der Waals surface area contributed by atoms with Gasteiger partial charge in [0.25, 0.3) is 0 Å². The van der Waals surface area contributed by atoms with Gasteiger partial charge in [0.1, 0.15) is 0 Å². The molecule has 2 aliphatic rings. The lowest BCUT2D eigenvalue weighted by Gasteiger charge is -2.24. The fraction of sp³-hybridized carbons (Fsp3) is 0.600. The largest absolute Gasteiger partial charge is 0.318 e. The normalized spacial score (nSPS) is 22.8. The lowest BCUT2D eigenvalue weighted by Crippen LogP contribution is -2.40. The van der Waals surface area contributed by atoms with Crippen LogP contribution in [0.3, 0.4) is 0 Å². The molecule has 9 heteroatoms. The third-order valence-corrected chi connectivity index (χ3v) is 7.85. The molecule has 1 aliphatic carbocycles. The highest BCUT2D eigenvalue weighted by molar-refractivity contribution is 7.90. The van der Waals surface area contributed by atoms with Gasteiger partial charge in [0.15, 0.2) is 0 Å². The quantitative estimate of drug-likeness (QED) is 0.726. The number of nitrogens with zero attached hydrogens (tertiary/aromatic N) is 1. The van der Waals surface area contributed by atoms with Crippen LogP contribution in [0.15, 0.2) is 34.1 Å². The molecule has 0 spiro atoms. The average molecular weight is 374 g/mol. The van der Waals surface area contributed by atoms with Crippen molar-refractivity contribution in [3.05, 3.63) is 24.3 Å². The molecule has 0 amide bonds. The van der Waals surface area contributed by atoms with E-state index in [1.807, 2.05) is 0 Å². The van der Waals surface area contributed by atoms with E-state index in [1.165, 1.54) is 28.6 Å². The van der Waals surface area contributed by atoms with Crippen LogP contribution in [0, 0.1) is 0 Å². The van der Waals surface area contributed by atoms with Crippen LogP contribution >= 0.6 is 0 Å². The molecule has 2 N–H and O–H groups in total. The van der Waals surface area contributed by atoms with Crippen LogP contribution in [0.4, 0.5) is 0 Å². The van der Waals surface area contributed by atoms with E-state index in [1.54, 1.807) is 7.05 Å². The summed E-state index contributed by atoms with van der Waals surface area (Å²) in [7, 11) is -5.59. The summed E-state index contributed by atoms with van der Waals surface area (Å²) >= 11 is 0. The van der Waals surface area contributed by atoms with Crippen LogP contribution in [0.5, 0.6) is 0 Å². The highest BCUT2D eigenvalue weighted by Gasteiger charge is 2.35. The van der Waals surface area contributed by atoms with Gasteiger partial charge in [-0.2, -0.15) is 4.31 Å². The molecule has 0 radical (unpaired) electrons. The average Bonchev–Trinajstić information content (AvgIpc) is 3.21. The predicted octanol–water partition coefficient (Wildman–Crippen LogP) is 0.500. The Labute approximate surface area is 143 Å². The molecule has 1 aromatic rings. The van der Waals surface area contributed by atoms with Crippen molar-refractivity contribution in [2.24, 2.45) is 0 Å². The molecule has 2 fully saturated rings. The summed E-state index contributed by atoms with van der Waals surface area (Å²) in [4.78, 5) is 0.0315. The lowest BCUT2D eigenvalue weighted by atomic mass is 10.2. The van der Waals surface area contributed by atoms with Crippen molar-refractivity contribution in [1.29, 1.82) is 0 Å². The maximum absolute atomic E-state index is 12.9. The van der Waals surface area contributed by atoms with Crippen LogP contribution in [0.2, 0.25) is 0 Å². The number of hydrogen-bond acceptors (Lipinski definition) is 5. The number of sulfonamides is 2. The first-order valence-corrected chi connectivity index (χ1v) is 11.1. The smallest absolute Gasteiger partial charge is 0.243 e. The molecule has 24 heavy (non-hydrogen) atoms. The number of rotatable bonds is 7. The molecule has 1 aromatic carbocycles. The van der Waals surface area contributed by atoms with Crippen LogP contribution < -0.4 is 10.0 Å². The van der Waals surface area contributed by atoms with Crippen LogP contribution in [0.25, 0.3) is 0 Å². The van der Waals surface area contributed by atoms with E-state index >= 15 is 0 Å². The molecule has 1 saturated carbocycles. The van der Waals surface area contributed by atoms with Gasteiger partial charge in [-0.3, -0.25) is 0 Å². The van der Waals surface area contributed by atoms with Gasteiger partial charge in [-0.15, -0.1) is 0 Å². The second-order valence-electron chi connectivity index (χ2n) is 6.34. The van der Waals surface area contributed by atoms with Crippen LogP contribution in [-0.2, 0) is 20.0 Å². The third kappa shape index (κ3) is 3.65. The highest BCUT2D eigenvalue weighted by atomic mass is 32.2. The van der Waals surface area contributed by atoms with E-state index in [0.29, 0.717) is 13.1 Å². The fourth-order valence-electron chi connectivity index (χ4n) is 2.99. The van der Waals surface area contributed by atoms with Crippen molar-refractivity contribution in [3.8, 4) is 0 Å².